The molecule has 0 saturated heterocycles. The van der Waals surface area contributed by atoms with Gasteiger partial charge in [-0.15, -0.1) is 0 Å². The van der Waals surface area contributed by atoms with Gasteiger partial charge in [0, 0.05) is 6.26 Å². The van der Waals surface area contributed by atoms with Crippen LogP contribution in [0.15, 0.2) is 47.4 Å². The number of sulfone groups is 1. The van der Waals surface area contributed by atoms with Gasteiger partial charge in [-0.05, 0) is 61.6 Å². The van der Waals surface area contributed by atoms with Crippen LogP contribution in [0.25, 0.3) is 0 Å². The minimum Gasteiger partial charge on any atom is -0.480 e. The first-order valence-electron chi connectivity index (χ1n) is 9.50. The molecule has 0 bridgehead atoms. The van der Waals surface area contributed by atoms with Gasteiger partial charge in [0.1, 0.15) is 5.75 Å². The largest absolute Gasteiger partial charge is 0.480 e. The molecule has 1 amide bonds. The van der Waals surface area contributed by atoms with Crippen LogP contribution in [-0.2, 0) is 14.6 Å². The maximum absolute atomic E-state index is 12.8. The summed E-state index contributed by atoms with van der Waals surface area (Å²) >= 11 is 0. The van der Waals surface area contributed by atoms with Crippen molar-refractivity contribution < 1.29 is 17.9 Å². The number of rotatable bonds is 8. The number of aryl methyl sites for hydroxylation is 2. The molecule has 2 aromatic rings. The van der Waals surface area contributed by atoms with Gasteiger partial charge in [0.2, 0.25) is 0 Å². The Hall–Kier alpha value is -2.34. The summed E-state index contributed by atoms with van der Waals surface area (Å²) in [6, 6.07) is 12.4. The third kappa shape index (κ3) is 5.58. The average molecular weight is 404 g/mol. The van der Waals surface area contributed by atoms with E-state index in [1.807, 2.05) is 45.9 Å². The summed E-state index contributed by atoms with van der Waals surface area (Å²) in [5.74, 6) is 0.537. The Balaban J connectivity index is 2.14. The van der Waals surface area contributed by atoms with E-state index < -0.39 is 15.9 Å². The second-order valence-corrected chi connectivity index (χ2v) is 9.11. The van der Waals surface area contributed by atoms with Crippen molar-refractivity contribution >= 4 is 15.7 Å². The zero-order valence-electron chi connectivity index (χ0n) is 17.2. The number of carbonyl (C=O) groups is 1. The summed E-state index contributed by atoms with van der Waals surface area (Å²) in [4.78, 5) is 13.1. The first-order chi connectivity index (χ1) is 13.2. The lowest BCUT2D eigenvalue weighted by molar-refractivity contribution is -0.129. The lowest BCUT2D eigenvalue weighted by Crippen LogP contribution is -2.40. The van der Waals surface area contributed by atoms with Crippen LogP contribution in [0.5, 0.6) is 5.75 Å². The molecule has 0 heterocycles. The summed E-state index contributed by atoms with van der Waals surface area (Å²) in [5.41, 5.74) is 2.93. The first kappa shape index (κ1) is 22.0. The topological polar surface area (TPSA) is 72.5 Å². The number of ether oxygens (including phenoxy) is 1. The molecule has 0 radical (unpaired) electrons. The maximum Gasteiger partial charge on any atom is 0.261 e. The third-order valence-electron chi connectivity index (χ3n) is 4.71. The highest BCUT2D eigenvalue weighted by Gasteiger charge is 2.23. The summed E-state index contributed by atoms with van der Waals surface area (Å²) < 4.78 is 29.2. The molecule has 0 aliphatic rings. The molecule has 0 aromatic heterocycles. The van der Waals surface area contributed by atoms with Crippen molar-refractivity contribution in [2.75, 3.05) is 6.26 Å². The van der Waals surface area contributed by atoms with E-state index >= 15 is 0 Å². The van der Waals surface area contributed by atoms with Gasteiger partial charge in [-0.25, -0.2) is 8.42 Å². The second-order valence-electron chi connectivity index (χ2n) is 7.09. The van der Waals surface area contributed by atoms with Gasteiger partial charge in [0.15, 0.2) is 15.9 Å². The highest BCUT2D eigenvalue weighted by atomic mass is 32.2. The van der Waals surface area contributed by atoms with Crippen LogP contribution >= 0.6 is 0 Å². The van der Waals surface area contributed by atoms with Gasteiger partial charge >= 0.3 is 0 Å². The minimum atomic E-state index is -3.24. The van der Waals surface area contributed by atoms with Gasteiger partial charge in [-0.3, -0.25) is 4.79 Å². The molecular formula is C22H29NO4S. The van der Waals surface area contributed by atoms with Crippen molar-refractivity contribution in [1.29, 1.82) is 0 Å². The molecule has 2 aromatic carbocycles. The van der Waals surface area contributed by atoms with Gasteiger partial charge in [0.25, 0.3) is 5.91 Å². The van der Waals surface area contributed by atoms with Crippen LogP contribution in [0.3, 0.4) is 0 Å². The Labute approximate surface area is 168 Å². The number of benzene rings is 2. The van der Waals surface area contributed by atoms with E-state index in [0.717, 1.165) is 16.7 Å². The highest BCUT2D eigenvalue weighted by molar-refractivity contribution is 7.90. The van der Waals surface area contributed by atoms with Crippen molar-refractivity contribution in [2.24, 2.45) is 0 Å². The van der Waals surface area contributed by atoms with Crippen molar-refractivity contribution in [1.82, 2.24) is 5.32 Å². The van der Waals surface area contributed by atoms with Gasteiger partial charge in [-0.2, -0.15) is 0 Å². The second kappa shape index (κ2) is 9.24. The Morgan fingerprint density at radius 1 is 1.04 bits per heavy atom. The van der Waals surface area contributed by atoms with Crippen LogP contribution in [0.2, 0.25) is 0 Å². The molecule has 28 heavy (non-hydrogen) atoms. The van der Waals surface area contributed by atoms with Crippen LogP contribution in [0, 0.1) is 13.8 Å². The Bertz CT molecular complexity index is 920. The van der Waals surface area contributed by atoms with E-state index in [1.165, 1.54) is 6.26 Å². The average Bonchev–Trinajstić information content (AvgIpc) is 2.66. The maximum atomic E-state index is 12.8. The fraction of sp³-hybridized carbons (Fsp3) is 0.409. The monoisotopic (exact) mass is 403 g/mol. The summed E-state index contributed by atoms with van der Waals surface area (Å²) in [6.45, 7) is 7.83. The molecule has 2 atom stereocenters. The zero-order valence-corrected chi connectivity index (χ0v) is 18.0. The number of carbonyl (C=O) groups excluding carboxylic acids is 1. The Morgan fingerprint density at radius 2 is 1.68 bits per heavy atom. The molecule has 0 saturated carbocycles. The van der Waals surface area contributed by atoms with Crippen molar-refractivity contribution in [2.45, 2.75) is 57.6 Å². The Morgan fingerprint density at radius 3 is 2.21 bits per heavy atom. The standard InChI is InChI=1S/C22H29NO4S/c1-6-19(17-10-12-18(13-11-17)28(5,25)26)23-22(24)20(7-2)27-21-14-15(3)8-9-16(21)4/h8-14,19-20H,6-7H2,1-5H3,(H,23,24)/t19-,20+/m0/s1. The van der Waals surface area contributed by atoms with Gasteiger partial charge in [-0.1, -0.05) is 38.1 Å². The molecule has 2 rings (SSSR count). The van der Waals surface area contributed by atoms with E-state index in [4.69, 9.17) is 4.74 Å². The van der Waals surface area contributed by atoms with E-state index in [0.29, 0.717) is 18.6 Å². The van der Waals surface area contributed by atoms with E-state index in [-0.39, 0.29) is 16.8 Å². The third-order valence-corrected chi connectivity index (χ3v) is 5.84. The minimum absolute atomic E-state index is 0.178. The molecule has 152 valence electrons. The molecule has 0 fully saturated rings. The van der Waals surface area contributed by atoms with Gasteiger partial charge < -0.3 is 10.1 Å². The first-order valence-corrected chi connectivity index (χ1v) is 11.4. The molecule has 0 unspecified atom stereocenters. The lowest BCUT2D eigenvalue weighted by atomic mass is 10.0. The molecule has 6 heteroatoms. The molecule has 0 aliphatic heterocycles. The van der Waals surface area contributed by atoms with Crippen LogP contribution < -0.4 is 10.1 Å². The summed E-state index contributed by atoms with van der Waals surface area (Å²) in [6.07, 6.45) is 1.81. The fourth-order valence-corrected chi connectivity index (χ4v) is 3.57. The van der Waals surface area contributed by atoms with E-state index in [2.05, 4.69) is 5.32 Å². The molecule has 0 aliphatic carbocycles. The SMILES string of the molecule is CC[C@H](NC(=O)[C@@H](CC)Oc1cc(C)ccc1C)c1ccc(S(C)(=O)=O)cc1. The van der Waals surface area contributed by atoms with Gasteiger partial charge in [0.05, 0.1) is 10.9 Å². The fourth-order valence-electron chi connectivity index (χ4n) is 2.94. The van der Waals surface area contributed by atoms with Crippen LogP contribution in [0.4, 0.5) is 0 Å². The summed E-state index contributed by atoms with van der Waals surface area (Å²) in [7, 11) is -3.24. The number of hydrogen-bond donors (Lipinski definition) is 1. The van der Waals surface area contributed by atoms with E-state index in [1.54, 1.807) is 24.3 Å². The predicted octanol–water partition coefficient (Wildman–Crippen LogP) is 4.13. The quantitative estimate of drug-likeness (QED) is 0.719. The number of amides is 1. The van der Waals surface area contributed by atoms with Crippen molar-refractivity contribution in [3.8, 4) is 5.75 Å². The summed E-state index contributed by atoms with van der Waals surface area (Å²) in [5, 5.41) is 3.03. The zero-order chi connectivity index (χ0) is 20.9. The molecule has 5 nitrogen and oxygen atoms in total. The van der Waals surface area contributed by atoms with Crippen LogP contribution in [0.1, 0.15) is 49.4 Å². The number of nitrogens with one attached hydrogen (secondary N) is 1. The normalized spacial score (nSPS) is 13.6. The number of hydrogen-bond acceptors (Lipinski definition) is 4. The predicted molar refractivity (Wildman–Crippen MR) is 111 cm³/mol. The van der Waals surface area contributed by atoms with E-state index in [9.17, 15) is 13.2 Å². The highest BCUT2D eigenvalue weighted by Crippen LogP contribution is 2.23. The van der Waals surface area contributed by atoms with Crippen LogP contribution in [-0.4, -0.2) is 26.7 Å². The molecule has 1 N–H and O–H groups in total. The smallest absolute Gasteiger partial charge is 0.261 e. The van der Waals surface area contributed by atoms with Crippen molar-refractivity contribution in [3.05, 3.63) is 59.2 Å². The molecule has 0 spiro atoms. The Kier molecular flexibility index (Phi) is 7.24. The lowest BCUT2D eigenvalue weighted by Gasteiger charge is -2.23. The molecular weight excluding hydrogens is 374 g/mol. The van der Waals surface area contributed by atoms with Crippen molar-refractivity contribution in [3.63, 3.8) is 0 Å².